The van der Waals surface area contributed by atoms with Crippen molar-refractivity contribution in [3.63, 3.8) is 0 Å². The summed E-state index contributed by atoms with van der Waals surface area (Å²) in [6, 6.07) is 17.8. The topological polar surface area (TPSA) is 84.6 Å². The molecule has 2 aromatic carbocycles. The van der Waals surface area contributed by atoms with E-state index in [1.807, 2.05) is 54.6 Å². The van der Waals surface area contributed by atoms with Crippen molar-refractivity contribution in [1.29, 1.82) is 0 Å². The molecule has 152 valence electrons. The fraction of sp³-hybridized carbons (Fsp3) is 0.318. The van der Waals surface area contributed by atoms with E-state index in [1.54, 1.807) is 7.05 Å². The first-order chi connectivity index (χ1) is 14.3. The van der Waals surface area contributed by atoms with Crippen LogP contribution in [0.25, 0.3) is 11.5 Å². The molecule has 0 aliphatic rings. The van der Waals surface area contributed by atoms with Crippen LogP contribution < -0.4 is 15.4 Å². The van der Waals surface area contributed by atoms with Crippen LogP contribution in [0, 0.1) is 0 Å². The van der Waals surface area contributed by atoms with Gasteiger partial charge in [-0.3, -0.25) is 4.99 Å². The maximum atomic E-state index is 5.68. The molecule has 0 saturated heterocycles. The van der Waals surface area contributed by atoms with Gasteiger partial charge in [0.15, 0.2) is 11.8 Å². The lowest BCUT2D eigenvalue weighted by Crippen LogP contribution is -2.38. The van der Waals surface area contributed by atoms with E-state index < -0.39 is 0 Å². The van der Waals surface area contributed by atoms with Gasteiger partial charge in [0.05, 0.1) is 6.54 Å². The highest BCUT2D eigenvalue weighted by Crippen LogP contribution is 2.19. The van der Waals surface area contributed by atoms with Gasteiger partial charge in [-0.05, 0) is 36.2 Å². The first kappa shape index (κ1) is 20.4. The summed E-state index contributed by atoms with van der Waals surface area (Å²) in [5, 5.41) is 10.6. The van der Waals surface area contributed by atoms with Gasteiger partial charge in [-0.15, -0.1) is 0 Å². The number of hydrogen-bond acceptors (Lipinski definition) is 5. The molecule has 1 heterocycles. The summed E-state index contributed by atoms with van der Waals surface area (Å²) in [7, 11) is 1.75. The molecule has 7 nitrogen and oxygen atoms in total. The van der Waals surface area contributed by atoms with Crippen LogP contribution in [0.1, 0.15) is 24.7 Å². The summed E-state index contributed by atoms with van der Waals surface area (Å²) in [6.07, 6.45) is 1.81. The number of nitrogens with zero attached hydrogens (tertiary/aromatic N) is 3. The summed E-state index contributed by atoms with van der Waals surface area (Å²) < 4.78 is 11.1. The maximum absolute atomic E-state index is 5.68. The second-order valence-electron chi connectivity index (χ2n) is 6.48. The zero-order valence-corrected chi connectivity index (χ0v) is 16.9. The van der Waals surface area contributed by atoms with Crippen molar-refractivity contribution in [1.82, 2.24) is 20.8 Å². The molecule has 29 heavy (non-hydrogen) atoms. The lowest BCUT2D eigenvalue weighted by molar-refractivity contribution is 0.322. The Balaban J connectivity index is 1.47. The molecule has 0 radical (unpaired) electrons. The number of hydrogen-bond donors (Lipinski definition) is 2. The normalized spacial score (nSPS) is 11.3. The van der Waals surface area contributed by atoms with Crippen molar-refractivity contribution < 1.29 is 9.26 Å². The van der Waals surface area contributed by atoms with Gasteiger partial charge < -0.3 is 19.9 Å². The Hall–Kier alpha value is -3.35. The highest BCUT2D eigenvalue weighted by atomic mass is 16.5. The molecule has 0 aliphatic heterocycles. The van der Waals surface area contributed by atoms with Gasteiger partial charge >= 0.3 is 0 Å². The Morgan fingerprint density at radius 2 is 1.97 bits per heavy atom. The summed E-state index contributed by atoms with van der Waals surface area (Å²) in [5.41, 5.74) is 2.01. The molecule has 0 fully saturated rings. The number of guanidine groups is 1. The van der Waals surface area contributed by atoms with E-state index >= 15 is 0 Å². The Morgan fingerprint density at radius 3 is 2.76 bits per heavy atom. The number of rotatable bonds is 9. The Labute approximate surface area is 171 Å². The van der Waals surface area contributed by atoms with Crippen molar-refractivity contribution >= 4 is 5.96 Å². The minimum atomic E-state index is 0.552. The molecule has 0 bridgehead atoms. The highest BCUT2D eigenvalue weighted by molar-refractivity contribution is 5.79. The van der Waals surface area contributed by atoms with Gasteiger partial charge in [-0.1, -0.05) is 42.4 Å². The van der Waals surface area contributed by atoms with E-state index in [9.17, 15) is 0 Å². The molecule has 0 amide bonds. The molecule has 0 spiro atoms. The fourth-order valence-corrected chi connectivity index (χ4v) is 2.77. The molecule has 0 unspecified atom stereocenters. The summed E-state index contributed by atoms with van der Waals surface area (Å²) >= 11 is 0. The van der Waals surface area contributed by atoms with Crippen LogP contribution in [0.2, 0.25) is 0 Å². The second kappa shape index (κ2) is 10.8. The molecule has 3 rings (SSSR count). The van der Waals surface area contributed by atoms with Crippen molar-refractivity contribution in [2.24, 2.45) is 4.99 Å². The van der Waals surface area contributed by atoms with E-state index in [0.717, 1.165) is 41.5 Å². The predicted molar refractivity (Wildman–Crippen MR) is 114 cm³/mol. The average molecular weight is 393 g/mol. The minimum Gasteiger partial charge on any atom is -0.492 e. The Morgan fingerprint density at radius 1 is 1.10 bits per heavy atom. The number of aromatic nitrogens is 2. The predicted octanol–water partition coefficient (Wildman–Crippen LogP) is 3.43. The van der Waals surface area contributed by atoms with Gasteiger partial charge in [-0.25, -0.2) is 0 Å². The third-order valence-electron chi connectivity index (χ3n) is 4.21. The van der Waals surface area contributed by atoms with E-state index in [-0.39, 0.29) is 0 Å². The van der Waals surface area contributed by atoms with Gasteiger partial charge in [0.25, 0.3) is 5.89 Å². The zero-order chi connectivity index (χ0) is 20.3. The number of aryl methyl sites for hydroxylation is 1. The molecule has 0 saturated carbocycles. The number of nitrogens with one attached hydrogen (secondary N) is 2. The molecule has 3 aromatic rings. The Kier molecular flexibility index (Phi) is 7.63. The van der Waals surface area contributed by atoms with Gasteiger partial charge in [0.1, 0.15) is 12.4 Å². The van der Waals surface area contributed by atoms with Gasteiger partial charge in [-0.2, -0.15) is 4.98 Å². The summed E-state index contributed by atoms with van der Waals surface area (Å²) in [4.78, 5) is 8.70. The average Bonchev–Trinajstić information content (AvgIpc) is 3.23. The summed E-state index contributed by atoms with van der Waals surface area (Å²) in [5.74, 6) is 2.87. The lowest BCUT2D eigenvalue weighted by atomic mass is 10.1. The van der Waals surface area contributed by atoms with Crippen LogP contribution in [0.4, 0.5) is 0 Å². The van der Waals surface area contributed by atoms with Crippen molar-refractivity contribution in [3.05, 3.63) is 66.0 Å². The van der Waals surface area contributed by atoms with Crippen molar-refractivity contribution in [2.45, 2.75) is 26.3 Å². The first-order valence-electron chi connectivity index (χ1n) is 9.82. The molecule has 1 aromatic heterocycles. The fourth-order valence-electron chi connectivity index (χ4n) is 2.77. The number of para-hydroxylation sites is 1. The zero-order valence-electron chi connectivity index (χ0n) is 16.9. The SMILES string of the molecule is CCCc1noc(-c2cccc(CNC(=NC)NCCOc3ccccc3)c2)n1. The highest BCUT2D eigenvalue weighted by Gasteiger charge is 2.09. The molecule has 0 atom stereocenters. The van der Waals surface area contributed by atoms with E-state index in [2.05, 4.69) is 32.7 Å². The smallest absolute Gasteiger partial charge is 0.257 e. The van der Waals surface area contributed by atoms with E-state index in [0.29, 0.717) is 25.6 Å². The van der Waals surface area contributed by atoms with Crippen LogP contribution in [0.5, 0.6) is 5.75 Å². The molecular weight excluding hydrogens is 366 g/mol. The Bertz CT molecular complexity index is 908. The number of ether oxygens (including phenoxy) is 1. The second-order valence-corrected chi connectivity index (χ2v) is 6.48. The maximum Gasteiger partial charge on any atom is 0.257 e. The van der Waals surface area contributed by atoms with Crippen LogP contribution in [-0.4, -0.2) is 36.3 Å². The first-order valence-corrected chi connectivity index (χ1v) is 9.82. The van der Waals surface area contributed by atoms with E-state index in [4.69, 9.17) is 9.26 Å². The summed E-state index contributed by atoms with van der Waals surface area (Å²) in [6.45, 7) is 3.92. The van der Waals surface area contributed by atoms with E-state index in [1.165, 1.54) is 0 Å². The van der Waals surface area contributed by atoms with Crippen LogP contribution >= 0.6 is 0 Å². The standard InChI is InChI=1S/C22H27N5O2/c1-3-8-20-26-21(29-27-20)18-10-7-9-17(15-18)16-25-22(23-2)24-13-14-28-19-11-5-4-6-12-19/h4-7,9-12,15H,3,8,13-14,16H2,1-2H3,(H2,23,24,25). The van der Waals surface area contributed by atoms with Gasteiger partial charge in [0.2, 0.25) is 0 Å². The molecule has 7 heteroatoms. The number of benzene rings is 2. The third-order valence-corrected chi connectivity index (χ3v) is 4.21. The quantitative estimate of drug-likeness (QED) is 0.329. The third kappa shape index (κ3) is 6.34. The van der Waals surface area contributed by atoms with Gasteiger partial charge in [0, 0.05) is 25.6 Å². The largest absolute Gasteiger partial charge is 0.492 e. The number of aliphatic imine (C=N–C) groups is 1. The molecular formula is C22H27N5O2. The molecule has 2 N–H and O–H groups in total. The minimum absolute atomic E-state index is 0.552. The molecule has 0 aliphatic carbocycles. The van der Waals surface area contributed by atoms with Crippen LogP contribution in [0.15, 0.2) is 64.1 Å². The van der Waals surface area contributed by atoms with Crippen LogP contribution in [0.3, 0.4) is 0 Å². The monoisotopic (exact) mass is 393 g/mol. The lowest BCUT2D eigenvalue weighted by Gasteiger charge is -2.13. The van der Waals surface area contributed by atoms with Crippen LogP contribution in [-0.2, 0) is 13.0 Å². The van der Waals surface area contributed by atoms with Crippen molar-refractivity contribution in [3.8, 4) is 17.2 Å². The van der Waals surface area contributed by atoms with Crippen molar-refractivity contribution in [2.75, 3.05) is 20.2 Å².